The fourth-order valence-corrected chi connectivity index (χ4v) is 10.5. The molecule has 6 aromatic rings. The van der Waals surface area contributed by atoms with Gasteiger partial charge in [-0.25, -0.2) is 0 Å². The number of nitrogens with zero attached hydrogens (tertiary/aromatic N) is 4. The van der Waals surface area contributed by atoms with Crippen LogP contribution in [0.1, 0.15) is 61.4 Å². The minimum absolute atomic E-state index is 0. The predicted molar refractivity (Wildman–Crippen MR) is 321 cm³/mol. The van der Waals surface area contributed by atoms with Crippen molar-refractivity contribution in [3.8, 4) is 4.08 Å². The van der Waals surface area contributed by atoms with Crippen LogP contribution in [0.15, 0.2) is 133 Å². The SMILES string of the molecule is C[C@@H](CN1CCN(c2ccc(Cl)cc2Cl)[C@H](c2ccc(Cl)cc2)C1)c1ccc(I)cc1.C[C@@H](COS(C)(=O)=O)c1ccc(I)cc1.C[I-]C#N.Clc1ccc([C@@H]2CNCCN2c2ccc(Cl)cc2Cl)cc1.O=CO[O-].[H-].[K+].[K+].[Na+]. The van der Waals surface area contributed by atoms with E-state index in [-0.39, 0.29) is 186 Å². The molecule has 0 aromatic heterocycles. The molecule has 0 bridgehead atoms. The molecule has 0 amide bonds. The summed E-state index contributed by atoms with van der Waals surface area (Å²) in [6.45, 7) is 10.8. The molecule has 24 heteroatoms. The molecule has 0 spiro atoms. The fraction of sp³-hybridized carbons (Fsp3) is 0.296. The first-order chi connectivity index (χ1) is 35.8. The van der Waals surface area contributed by atoms with E-state index in [1.807, 2.05) is 94.8 Å². The summed E-state index contributed by atoms with van der Waals surface area (Å²) in [7, 11) is -3.34. The molecule has 406 valence electrons. The Bertz CT molecular complexity index is 2870. The van der Waals surface area contributed by atoms with Crippen LogP contribution < -0.4 is 174 Å². The number of alkyl halides is 1. The third-order valence-corrected chi connectivity index (χ3v) is 15.8. The molecule has 0 aliphatic carbocycles. The molecule has 2 saturated heterocycles. The second-order valence-electron chi connectivity index (χ2n) is 17.0. The maximum absolute atomic E-state index is 10.8. The Hall–Kier alpha value is 1.87. The summed E-state index contributed by atoms with van der Waals surface area (Å²) in [6, 6.07) is 44.8. The second kappa shape index (κ2) is 41.9. The first-order valence-electron chi connectivity index (χ1n) is 23.1. The zero-order chi connectivity index (χ0) is 55.1. The molecule has 0 saturated carbocycles. The van der Waals surface area contributed by atoms with Crippen LogP contribution in [-0.4, -0.2) is 83.4 Å². The van der Waals surface area contributed by atoms with Crippen LogP contribution in [0.3, 0.4) is 0 Å². The number of carbonyl (C=O) groups is 1. The zero-order valence-corrected chi connectivity index (χ0v) is 64.4. The van der Waals surface area contributed by atoms with Crippen molar-refractivity contribution in [3.05, 3.63) is 193 Å². The summed E-state index contributed by atoms with van der Waals surface area (Å²) in [6.07, 6.45) is 1.06. The van der Waals surface area contributed by atoms with Gasteiger partial charge in [-0.1, -0.05) is 132 Å². The Morgan fingerprint density at radius 2 is 1.13 bits per heavy atom. The molecule has 0 radical (unpaired) electrons. The van der Waals surface area contributed by atoms with Crippen LogP contribution >= 0.6 is 115 Å². The number of hydrogen-bond acceptors (Lipinski definition) is 11. The number of halogens is 9. The molecular weight excluding hydrogens is 1540 g/mol. The molecule has 6 aromatic carbocycles. The maximum atomic E-state index is 10.8. The third kappa shape index (κ3) is 28.1. The number of rotatable bonds is 12. The van der Waals surface area contributed by atoms with Crippen LogP contribution in [0.25, 0.3) is 0 Å². The number of benzene rings is 6. The van der Waals surface area contributed by atoms with Gasteiger partial charge in [-0.2, -0.15) is 8.42 Å². The quantitative estimate of drug-likeness (QED) is 0.0366. The topological polar surface area (TPSA) is 138 Å². The largest absolute Gasteiger partial charge is 1.00 e. The van der Waals surface area contributed by atoms with Crippen molar-refractivity contribution >= 4 is 143 Å². The molecule has 0 unspecified atom stereocenters. The Morgan fingerprint density at radius 3 is 1.54 bits per heavy atom. The van der Waals surface area contributed by atoms with Gasteiger partial charge in [0.15, 0.2) is 0 Å². The van der Waals surface area contributed by atoms with E-state index in [4.69, 9.17) is 89.1 Å². The monoisotopic (exact) mass is 1590 g/mol. The molecule has 2 aliphatic rings. The predicted octanol–water partition coefficient (Wildman–Crippen LogP) is 1.83. The van der Waals surface area contributed by atoms with E-state index in [1.165, 1.54) is 20.3 Å². The van der Waals surface area contributed by atoms with Crippen molar-refractivity contribution in [2.24, 2.45) is 0 Å². The molecule has 1 N–H and O–H groups in total. The molecule has 4 atom stereocenters. The van der Waals surface area contributed by atoms with E-state index >= 15 is 0 Å². The van der Waals surface area contributed by atoms with Crippen molar-refractivity contribution in [1.29, 1.82) is 5.26 Å². The fourth-order valence-electron chi connectivity index (χ4n) is 8.06. The van der Waals surface area contributed by atoms with Crippen LogP contribution in [0.4, 0.5) is 11.4 Å². The van der Waals surface area contributed by atoms with Gasteiger partial charge in [-0.15, -0.1) is 0 Å². The van der Waals surface area contributed by atoms with Gasteiger partial charge in [0.2, 0.25) is 0 Å². The summed E-state index contributed by atoms with van der Waals surface area (Å²) in [4.78, 5) is 20.5. The van der Waals surface area contributed by atoms with Crippen molar-refractivity contribution in [2.45, 2.75) is 37.8 Å². The van der Waals surface area contributed by atoms with Gasteiger partial charge >= 0.3 is 168 Å². The van der Waals surface area contributed by atoms with Gasteiger partial charge in [0.05, 0.1) is 46.4 Å². The van der Waals surface area contributed by atoms with E-state index in [1.54, 1.807) is 6.07 Å². The van der Waals surface area contributed by atoms with E-state index in [9.17, 15) is 8.42 Å². The van der Waals surface area contributed by atoms with Crippen LogP contribution in [0.2, 0.25) is 30.1 Å². The zero-order valence-electron chi connectivity index (χ0n) is 45.3. The minimum atomic E-state index is -3.34. The van der Waals surface area contributed by atoms with Crippen LogP contribution in [0.5, 0.6) is 0 Å². The molecule has 2 heterocycles. The minimum Gasteiger partial charge on any atom is -1.00 e. The average molecular weight is 1600 g/mol. The van der Waals surface area contributed by atoms with E-state index in [0.717, 1.165) is 82.6 Å². The average Bonchev–Trinajstić information content (AvgIpc) is 3.39. The Kier molecular flexibility index (Phi) is 41.8. The number of hydrogen-bond donors (Lipinski definition) is 1. The summed E-state index contributed by atoms with van der Waals surface area (Å²) < 4.78 is 30.8. The van der Waals surface area contributed by atoms with Crippen molar-refractivity contribution in [1.82, 2.24) is 10.2 Å². The number of anilines is 2. The first-order valence-corrected chi connectivity index (χ1v) is 32.6. The van der Waals surface area contributed by atoms with Gasteiger partial charge < -0.3 is 26.7 Å². The van der Waals surface area contributed by atoms with Gasteiger partial charge in [0.1, 0.15) is 0 Å². The number of piperazine rings is 2. The van der Waals surface area contributed by atoms with Gasteiger partial charge in [0.25, 0.3) is 16.6 Å². The van der Waals surface area contributed by atoms with Crippen LogP contribution in [-0.2, 0) is 24.0 Å². The standard InChI is InChI=1S/C25H24Cl3IN2.C16H15Cl3N2.C10H13IO3S.C2H3IN.CH2O3.2K.Na.H/c1-17(18-4-9-22(29)10-5-18)15-30-12-13-31(24-11-8-21(27)14-23(24)28)25(16-30)19-2-6-20(26)7-3-19;17-12-3-1-11(2-4-12)16-10-20-7-8-21(16)15-6-5-13(18)9-14(15)19;1-8(7-14-15(2,12)13)9-3-5-10(11)6-4-9;1-3-2-4;2-1-4-3;;;;/h2-11,14,17,25H,12-13,15-16H2,1H3;1-6,9,16,20H,7-8,10H2;3-6,8H,7H2,1-2H3;1H3;1,3H;;;;/q;;;-1;;3*+1;-1/p-1/t17-,25-;16-;8-;;;;;;/m000....../s1. The molecule has 8 rings (SSSR count). The number of carbonyl (C=O) groups excluding carboxylic acids is 1. The van der Waals surface area contributed by atoms with Gasteiger partial charge in [0, 0.05) is 79.0 Å². The summed E-state index contributed by atoms with van der Waals surface area (Å²) in [5.41, 5.74) is 6.96. The second-order valence-corrected chi connectivity index (χ2v) is 25.3. The molecule has 2 fully saturated rings. The van der Waals surface area contributed by atoms with Crippen LogP contribution in [0, 0.1) is 16.5 Å². The number of nitriles is 1. The van der Waals surface area contributed by atoms with E-state index in [2.05, 4.69) is 126 Å². The van der Waals surface area contributed by atoms with Gasteiger partial charge in [-0.3, -0.25) is 13.9 Å². The van der Waals surface area contributed by atoms with Gasteiger partial charge in [-0.05, 0) is 158 Å². The summed E-state index contributed by atoms with van der Waals surface area (Å²) in [5.74, 6) is 0.547. The third-order valence-electron chi connectivity index (χ3n) is 11.7. The molecule has 11 nitrogen and oxygen atoms in total. The maximum Gasteiger partial charge on any atom is 1.00 e. The van der Waals surface area contributed by atoms with E-state index in [0.29, 0.717) is 26.0 Å². The Morgan fingerprint density at radius 1 is 0.718 bits per heavy atom. The summed E-state index contributed by atoms with van der Waals surface area (Å²) in [5, 5.41) is 23.7. The normalized spacial score (nSPS) is 15.5. The van der Waals surface area contributed by atoms with E-state index < -0.39 is 10.1 Å². The molecule has 2 aliphatic heterocycles. The summed E-state index contributed by atoms with van der Waals surface area (Å²) >= 11 is 41.8. The van der Waals surface area contributed by atoms with Crippen molar-refractivity contribution in [2.75, 3.05) is 73.4 Å². The van der Waals surface area contributed by atoms with Crippen molar-refractivity contribution in [3.63, 3.8) is 0 Å². The van der Waals surface area contributed by atoms with Crippen molar-refractivity contribution < 1.29 is 182 Å². The molecular formula is C54H57Cl6I3K2N5NaO6S. The number of nitrogens with one attached hydrogen (secondary N) is 1. The first kappa shape index (κ1) is 77.9. The molecule has 78 heavy (non-hydrogen) atoms. The smallest absolute Gasteiger partial charge is 1.00 e. The Labute approximate surface area is 637 Å². The Balaban J connectivity index is 0.00000111.